The third-order valence-electron chi connectivity index (χ3n) is 4.26. The summed E-state index contributed by atoms with van der Waals surface area (Å²) in [6, 6.07) is 16.6. The van der Waals surface area contributed by atoms with Gasteiger partial charge in [0.1, 0.15) is 18.5 Å². The summed E-state index contributed by atoms with van der Waals surface area (Å²) in [6.45, 7) is 9.35. The normalized spacial score (nSPS) is 13.8. The number of benzene rings is 2. The molecule has 2 N–H and O–H groups in total. The second-order valence-corrected chi connectivity index (χ2v) is 6.68. The minimum Gasteiger partial charge on any atom is -0.491 e. The SMILES string of the molecule is Cc1cc(OC[C@@H](O)CN[C@H](C)c2ccccc2)ccc1C(C)C. The van der Waals surface area contributed by atoms with Crippen molar-refractivity contribution in [1.82, 2.24) is 5.32 Å². The lowest BCUT2D eigenvalue weighted by Gasteiger charge is -2.18. The zero-order valence-electron chi connectivity index (χ0n) is 15.1. The summed E-state index contributed by atoms with van der Waals surface area (Å²) >= 11 is 0. The molecule has 0 radical (unpaired) electrons. The number of aliphatic hydroxyl groups excluding tert-OH is 1. The monoisotopic (exact) mass is 327 g/mol. The molecule has 3 heteroatoms. The van der Waals surface area contributed by atoms with Gasteiger partial charge in [-0.15, -0.1) is 0 Å². The van der Waals surface area contributed by atoms with E-state index in [-0.39, 0.29) is 12.6 Å². The van der Waals surface area contributed by atoms with E-state index in [1.807, 2.05) is 30.3 Å². The molecule has 2 aromatic rings. The van der Waals surface area contributed by atoms with Crippen LogP contribution in [0.1, 0.15) is 49.4 Å². The van der Waals surface area contributed by atoms with E-state index in [1.54, 1.807) is 0 Å². The number of hydrogen-bond acceptors (Lipinski definition) is 3. The molecule has 2 atom stereocenters. The fourth-order valence-electron chi connectivity index (χ4n) is 2.81. The van der Waals surface area contributed by atoms with Crippen LogP contribution in [0.2, 0.25) is 0 Å². The van der Waals surface area contributed by atoms with E-state index in [0.29, 0.717) is 12.5 Å². The lowest BCUT2D eigenvalue weighted by Crippen LogP contribution is -2.33. The number of rotatable bonds is 8. The zero-order valence-corrected chi connectivity index (χ0v) is 15.1. The van der Waals surface area contributed by atoms with Gasteiger partial charge < -0.3 is 15.2 Å². The Balaban J connectivity index is 1.79. The van der Waals surface area contributed by atoms with Crippen LogP contribution in [-0.2, 0) is 0 Å². The van der Waals surface area contributed by atoms with Crippen molar-refractivity contribution in [3.63, 3.8) is 0 Å². The third kappa shape index (κ3) is 5.36. The molecule has 0 bridgehead atoms. The Bertz CT molecular complexity index is 625. The van der Waals surface area contributed by atoms with E-state index in [0.717, 1.165) is 5.75 Å². The summed E-state index contributed by atoms with van der Waals surface area (Å²) in [5, 5.41) is 13.5. The molecule has 0 aliphatic carbocycles. The third-order valence-corrected chi connectivity index (χ3v) is 4.26. The molecule has 2 aromatic carbocycles. The van der Waals surface area contributed by atoms with Crippen molar-refractivity contribution in [2.45, 2.75) is 45.8 Å². The van der Waals surface area contributed by atoms with Crippen LogP contribution in [0.3, 0.4) is 0 Å². The van der Waals surface area contributed by atoms with Crippen molar-refractivity contribution in [1.29, 1.82) is 0 Å². The van der Waals surface area contributed by atoms with Gasteiger partial charge in [-0.05, 0) is 48.6 Å². The summed E-state index contributed by atoms with van der Waals surface area (Å²) in [5.74, 6) is 1.32. The van der Waals surface area contributed by atoms with Gasteiger partial charge in [0.15, 0.2) is 0 Å². The van der Waals surface area contributed by atoms with E-state index >= 15 is 0 Å². The highest BCUT2D eigenvalue weighted by Gasteiger charge is 2.10. The molecule has 130 valence electrons. The highest BCUT2D eigenvalue weighted by Crippen LogP contribution is 2.23. The molecule has 24 heavy (non-hydrogen) atoms. The summed E-state index contributed by atoms with van der Waals surface area (Å²) < 4.78 is 5.73. The predicted molar refractivity (Wildman–Crippen MR) is 99.6 cm³/mol. The minimum atomic E-state index is -0.541. The maximum absolute atomic E-state index is 10.1. The Morgan fingerprint density at radius 2 is 1.75 bits per heavy atom. The van der Waals surface area contributed by atoms with Gasteiger partial charge in [0.05, 0.1) is 0 Å². The second-order valence-electron chi connectivity index (χ2n) is 6.68. The topological polar surface area (TPSA) is 41.5 Å². The van der Waals surface area contributed by atoms with Crippen LogP contribution in [0.5, 0.6) is 5.75 Å². The van der Waals surface area contributed by atoms with Crippen LogP contribution < -0.4 is 10.1 Å². The van der Waals surface area contributed by atoms with Gasteiger partial charge in [0.2, 0.25) is 0 Å². The molecule has 3 nitrogen and oxygen atoms in total. The van der Waals surface area contributed by atoms with Crippen LogP contribution in [0.15, 0.2) is 48.5 Å². The highest BCUT2D eigenvalue weighted by molar-refractivity contribution is 5.36. The van der Waals surface area contributed by atoms with Crippen molar-refractivity contribution >= 4 is 0 Å². The number of nitrogens with one attached hydrogen (secondary N) is 1. The molecule has 0 saturated heterocycles. The van der Waals surface area contributed by atoms with Gasteiger partial charge in [-0.25, -0.2) is 0 Å². The van der Waals surface area contributed by atoms with Gasteiger partial charge in [0, 0.05) is 12.6 Å². The lowest BCUT2D eigenvalue weighted by atomic mass is 9.98. The summed E-state index contributed by atoms with van der Waals surface area (Å²) in [6.07, 6.45) is -0.541. The Kier molecular flexibility index (Phi) is 6.83. The predicted octanol–water partition coefficient (Wildman–Crippen LogP) is 4.21. The Hall–Kier alpha value is -1.84. The maximum atomic E-state index is 10.1. The van der Waals surface area contributed by atoms with Gasteiger partial charge in [-0.2, -0.15) is 0 Å². The van der Waals surface area contributed by atoms with Gasteiger partial charge in [0.25, 0.3) is 0 Å². The fraction of sp³-hybridized carbons (Fsp3) is 0.429. The molecule has 0 fully saturated rings. The summed E-state index contributed by atoms with van der Waals surface area (Å²) in [4.78, 5) is 0. The first-order valence-corrected chi connectivity index (χ1v) is 8.67. The number of aryl methyl sites for hydroxylation is 1. The number of hydrogen-bond donors (Lipinski definition) is 2. The van der Waals surface area contributed by atoms with Crippen LogP contribution in [0.4, 0.5) is 0 Å². The molecule has 0 spiro atoms. The van der Waals surface area contributed by atoms with Gasteiger partial charge >= 0.3 is 0 Å². The number of ether oxygens (including phenoxy) is 1. The molecular weight excluding hydrogens is 298 g/mol. The van der Waals surface area contributed by atoms with Gasteiger partial charge in [-0.3, -0.25) is 0 Å². The first kappa shape index (κ1) is 18.5. The van der Waals surface area contributed by atoms with Crippen LogP contribution in [0.25, 0.3) is 0 Å². The quantitative estimate of drug-likeness (QED) is 0.763. The zero-order chi connectivity index (χ0) is 17.5. The van der Waals surface area contributed by atoms with Crippen molar-refractivity contribution < 1.29 is 9.84 Å². The Labute approximate surface area is 145 Å². The van der Waals surface area contributed by atoms with Crippen LogP contribution >= 0.6 is 0 Å². The summed E-state index contributed by atoms with van der Waals surface area (Å²) in [5.41, 5.74) is 3.78. The molecule has 2 rings (SSSR count). The molecule has 0 unspecified atom stereocenters. The Morgan fingerprint density at radius 3 is 2.38 bits per heavy atom. The first-order valence-electron chi connectivity index (χ1n) is 8.67. The largest absolute Gasteiger partial charge is 0.491 e. The molecule has 0 aromatic heterocycles. The molecular formula is C21H29NO2. The fourth-order valence-corrected chi connectivity index (χ4v) is 2.81. The summed E-state index contributed by atoms with van der Waals surface area (Å²) in [7, 11) is 0. The molecule has 0 amide bonds. The van der Waals surface area contributed by atoms with Crippen molar-refractivity contribution in [3.05, 3.63) is 65.2 Å². The molecule has 0 heterocycles. The van der Waals surface area contributed by atoms with Crippen LogP contribution in [0, 0.1) is 6.92 Å². The smallest absolute Gasteiger partial charge is 0.119 e. The lowest BCUT2D eigenvalue weighted by molar-refractivity contribution is 0.104. The minimum absolute atomic E-state index is 0.202. The van der Waals surface area contributed by atoms with Crippen molar-refractivity contribution in [2.75, 3.05) is 13.2 Å². The standard InChI is InChI=1S/C21H29NO2/c1-15(2)21-11-10-20(12-16(21)3)24-14-19(23)13-22-17(4)18-8-6-5-7-9-18/h5-12,15,17,19,22-23H,13-14H2,1-4H3/t17-,19+/m1/s1. The first-order chi connectivity index (χ1) is 11.5. The maximum Gasteiger partial charge on any atom is 0.119 e. The molecule has 0 saturated carbocycles. The highest BCUT2D eigenvalue weighted by atomic mass is 16.5. The van der Waals surface area contributed by atoms with E-state index in [2.05, 4.69) is 51.2 Å². The van der Waals surface area contributed by atoms with Crippen molar-refractivity contribution in [2.24, 2.45) is 0 Å². The second kappa shape index (κ2) is 8.86. The van der Waals surface area contributed by atoms with Gasteiger partial charge in [-0.1, -0.05) is 50.2 Å². The average Bonchev–Trinajstić information content (AvgIpc) is 2.58. The van der Waals surface area contributed by atoms with E-state index in [1.165, 1.54) is 16.7 Å². The van der Waals surface area contributed by atoms with E-state index in [9.17, 15) is 5.11 Å². The van der Waals surface area contributed by atoms with E-state index in [4.69, 9.17) is 4.74 Å². The molecule has 0 aliphatic rings. The van der Waals surface area contributed by atoms with Crippen molar-refractivity contribution in [3.8, 4) is 5.75 Å². The average molecular weight is 327 g/mol. The molecule has 0 aliphatic heterocycles. The van der Waals surface area contributed by atoms with Crippen LogP contribution in [-0.4, -0.2) is 24.4 Å². The van der Waals surface area contributed by atoms with E-state index < -0.39 is 6.10 Å². The Morgan fingerprint density at radius 1 is 1.04 bits per heavy atom. The number of aliphatic hydroxyl groups is 1.